The van der Waals surface area contributed by atoms with Crippen molar-refractivity contribution in [3.8, 4) is 0 Å². The van der Waals surface area contributed by atoms with E-state index in [1.54, 1.807) is 0 Å². The number of aromatic nitrogens is 2. The van der Waals surface area contributed by atoms with Crippen molar-refractivity contribution >= 4 is 33.1 Å². The fourth-order valence-corrected chi connectivity index (χ4v) is 3.18. The maximum Gasteiger partial charge on any atom is 0.263 e. The van der Waals surface area contributed by atoms with E-state index in [0.717, 1.165) is 27.9 Å². The molecule has 5 nitrogen and oxygen atoms in total. The SMILES string of the molecule is CCC(C)C(C)NC(=O)c1sc2nnc(C)c(C)c2c1N. The van der Waals surface area contributed by atoms with Crippen LogP contribution in [0.4, 0.5) is 5.69 Å². The van der Waals surface area contributed by atoms with Crippen LogP contribution < -0.4 is 11.1 Å². The molecular weight excluding hydrogens is 284 g/mol. The summed E-state index contributed by atoms with van der Waals surface area (Å²) in [6, 6.07) is 0.112. The Labute approximate surface area is 128 Å². The second kappa shape index (κ2) is 5.97. The van der Waals surface area contributed by atoms with Gasteiger partial charge in [0, 0.05) is 11.4 Å². The van der Waals surface area contributed by atoms with Crippen molar-refractivity contribution in [1.29, 1.82) is 0 Å². The number of nitrogens with one attached hydrogen (secondary N) is 1. The molecule has 0 saturated carbocycles. The molecule has 0 bridgehead atoms. The molecule has 1 amide bonds. The van der Waals surface area contributed by atoms with Gasteiger partial charge in [-0.3, -0.25) is 4.79 Å². The molecule has 2 unspecified atom stereocenters. The predicted molar refractivity (Wildman–Crippen MR) is 87.7 cm³/mol. The first kappa shape index (κ1) is 15.7. The van der Waals surface area contributed by atoms with E-state index in [9.17, 15) is 4.79 Å². The number of rotatable bonds is 4. The summed E-state index contributed by atoms with van der Waals surface area (Å²) in [4.78, 5) is 13.7. The molecule has 0 saturated heterocycles. The number of thiophene rings is 1. The standard InChI is InChI=1S/C15H22N4OS/c1-6-7(2)9(4)17-14(20)13-12(16)11-8(3)10(5)18-19-15(11)21-13/h7,9H,6,16H2,1-5H3,(H,17,20). The highest BCUT2D eigenvalue weighted by Gasteiger charge is 2.22. The summed E-state index contributed by atoms with van der Waals surface area (Å²) in [5.74, 6) is 0.300. The molecule has 0 aliphatic heterocycles. The van der Waals surface area contributed by atoms with Gasteiger partial charge in [-0.25, -0.2) is 0 Å². The molecule has 0 fully saturated rings. The maximum absolute atomic E-state index is 12.4. The van der Waals surface area contributed by atoms with Gasteiger partial charge in [0.1, 0.15) is 9.71 Å². The van der Waals surface area contributed by atoms with Crippen LogP contribution >= 0.6 is 11.3 Å². The molecule has 3 N–H and O–H groups in total. The zero-order chi connectivity index (χ0) is 15.7. The van der Waals surface area contributed by atoms with Crippen LogP contribution in [0.25, 0.3) is 10.2 Å². The summed E-state index contributed by atoms with van der Waals surface area (Å²) in [6.07, 6.45) is 1.02. The highest BCUT2D eigenvalue weighted by molar-refractivity contribution is 7.21. The number of hydrogen-bond acceptors (Lipinski definition) is 5. The third-order valence-corrected chi connectivity index (χ3v) is 5.29. The van der Waals surface area contributed by atoms with Crippen molar-refractivity contribution in [2.45, 2.75) is 47.1 Å². The smallest absolute Gasteiger partial charge is 0.263 e. The number of nitrogen functional groups attached to an aromatic ring is 1. The topological polar surface area (TPSA) is 80.9 Å². The molecule has 0 spiro atoms. The van der Waals surface area contributed by atoms with Crippen molar-refractivity contribution in [2.75, 3.05) is 5.73 Å². The number of nitrogens with zero attached hydrogens (tertiary/aromatic N) is 2. The molecule has 21 heavy (non-hydrogen) atoms. The average Bonchev–Trinajstić information content (AvgIpc) is 2.79. The van der Waals surface area contributed by atoms with Gasteiger partial charge in [-0.05, 0) is 32.3 Å². The third-order valence-electron chi connectivity index (χ3n) is 4.20. The first-order chi connectivity index (χ1) is 9.86. The van der Waals surface area contributed by atoms with E-state index >= 15 is 0 Å². The van der Waals surface area contributed by atoms with Crippen LogP contribution in [0.3, 0.4) is 0 Å². The van der Waals surface area contributed by atoms with Crippen molar-refractivity contribution in [3.05, 3.63) is 16.1 Å². The summed E-state index contributed by atoms with van der Waals surface area (Å²) in [7, 11) is 0. The second-order valence-corrected chi connectivity index (χ2v) is 6.58. The van der Waals surface area contributed by atoms with Gasteiger partial charge in [-0.15, -0.1) is 16.4 Å². The van der Waals surface area contributed by atoms with Gasteiger partial charge in [0.2, 0.25) is 0 Å². The lowest BCUT2D eigenvalue weighted by Crippen LogP contribution is -2.36. The van der Waals surface area contributed by atoms with E-state index in [1.165, 1.54) is 11.3 Å². The first-order valence-electron chi connectivity index (χ1n) is 7.19. The van der Waals surface area contributed by atoms with Crippen LogP contribution in [0, 0.1) is 19.8 Å². The molecule has 2 atom stereocenters. The molecule has 0 radical (unpaired) electrons. The van der Waals surface area contributed by atoms with Gasteiger partial charge < -0.3 is 11.1 Å². The highest BCUT2D eigenvalue weighted by Crippen LogP contribution is 2.34. The zero-order valence-corrected chi connectivity index (χ0v) is 14.0. The number of nitrogens with two attached hydrogens (primary N) is 1. The van der Waals surface area contributed by atoms with Crippen LogP contribution in [-0.4, -0.2) is 22.1 Å². The minimum atomic E-state index is -0.125. The Bertz CT molecular complexity index is 680. The molecule has 2 rings (SSSR count). The van der Waals surface area contributed by atoms with E-state index in [2.05, 4.69) is 29.4 Å². The molecule has 2 aromatic heterocycles. The molecule has 2 aromatic rings. The quantitative estimate of drug-likeness (QED) is 0.909. The summed E-state index contributed by atoms with van der Waals surface area (Å²) >= 11 is 1.31. The monoisotopic (exact) mass is 306 g/mol. The minimum absolute atomic E-state index is 0.112. The Morgan fingerprint density at radius 1 is 1.33 bits per heavy atom. The van der Waals surface area contributed by atoms with Gasteiger partial charge in [0.25, 0.3) is 5.91 Å². The van der Waals surface area contributed by atoms with E-state index in [-0.39, 0.29) is 11.9 Å². The number of carbonyl (C=O) groups excluding carboxylic acids is 1. The Kier molecular flexibility index (Phi) is 4.46. The van der Waals surface area contributed by atoms with Crippen LogP contribution in [0.15, 0.2) is 0 Å². The normalized spacial score (nSPS) is 14.1. The van der Waals surface area contributed by atoms with Crippen molar-refractivity contribution in [2.24, 2.45) is 5.92 Å². The number of fused-ring (bicyclic) bond motifs is 1. The van der Waals surface area contributed by atoms with Crippen molar-refractivity contribution in [1.82, 2.24) is 15.5 Å². The molecule has 114 valence electrons. The molecule has 2 heterocycles. The Morgan fingerprint density at radius 3 is 2.62 bits per heavy atom. The lowest BCUT2D eigenvalue weighted by Gasteiger charge is -2.19. The van der Waals surface area contributed by atoms with E-state index in [0.29, 0.717) is 16.5 Å². The average molecular weight is 306 g/mol. The second-order valence-electron chi connectivity index (χ2n) is 5.58. The van der Waals surface area contributed by atoms with Gasteiger partial charge in [0.15, 0.2) is 0 Å². The summed E-state index contributed by atoms with van der Waals surface area (Å²) in [5, 5.41) is 12.1. The Hall–Kier alpha value is -1.69. The van der Waals surface area contributed by atoms with Crippen molar-refractivity contribution in [3.63, 3.8) is 0 Å². The largest absolute Gasteiger partial charge is 0.397 e. The Balaban J connectivity index is 2.37. The van der Waals surface area contributed by atoms with Crippen molar-refractivity contribution < 1.29 is 4.79 Å². The number of anilines is 1. The third kappa shape index (κ3) is 2.85. The van der Waals surface area contributed by atoms with Gasteiger partial charge >= 0.3 is 0 Å². The molecule has 0 aromatic carbocycles. The zero-order valence-electron chi connectivity index (χ0n) is 13.2. The summed E-state index contributed by atoms with van der Waals surface area (Å²) < 4.78 is 0. The number of carbonyl (C=O) groups is 1. The van der Waals surface area contributed by atoms with Gasteiger partial charge in [-0.2, -0.15) is 5.10 Å². The lowest BCUT2D eigenvalue weighted by molar-refractivity contribution is 0.0933. The summed E-state index contributed by atoms with van der Waals surface area (Å²) in [6.45, 7) is 10.1. The number of hydrogen-bond donors (Lipinski definition) is 2. The summed E-state index contributed by atoms with van der Waals surface area (Å²) in [5.41, 5.74) is 8.52. The molecule has 0 aliphatic carbocycles. The Morgan fingerprint density at radius 2 is 2.00 bits per heavy atom. The van der Waals surface area contributed by atoms with Gasteiger partial charge in [-0.1, -0.05) is 20.3 Å². The maximum atomic E-state index is 12.4. The lowest BCUT2D eigenvalue weighted by atomic mass is 10.0. The fraction of sp³-hybridized carbons (Fsp3) is 0.533. The number of amides is 1. The molecule has 6 heteroatoms. The van der Waals surface area contributed by atoms with E-state index in [1.807, 2.05) is 20.8 Å². The fourth-order valence-electron chi connectivity index (χ4n) is 2.18. The van der Waals surface area contributed by atoms with Crippen LogP contribution in [0.5, 0.6) is 0 Å². The van der Waals surface area contributed by atoms with Crippen LogP contribution in [-0.2, 0) is 0 Å². The minimum Gasteiger partial charge on any atom is -0.397 e. The van der Waals surface area contributed by atoms with Crippen LogP contribution in [0.2, 0.25) is 0 Å². The first-order valence-corrected chi connectivity index (χ1v) is 8.01. The van der Waals surface area contributed by atoms with E-state index < -0.39 is 0 Å². The number of aryl methyl sites for hydroxylation is 2. The van der Waals surface area contributed by atoms with E-state index in [4.69, 9.17) is 5.73 Å². The molecular formula is C15H22N4OS. The van der Waals surface area contributed by atoms with Gasteiger partial charge in [0.05, 0.1) is 11.4 Å². The predicted octanol–water partition coefficient (Wildman–Crippen LogP) is 3.05. The van der Waals surface area contributed by atoms with Crippen LogP contribution in [0.1, 0.15) is 48.1 Å². The molecule has 0 aliphatic rings. The highest BCUT2D eigenvalue weighted by atomic mass is 32.1.